The van der Waals surface area contributed by atoms with E-state index in [0.717, 1.165) is 38.8 Å². The van der Waals surface area contributed by atoms with E-state index >= 15 is 0 Å². The van der Waals surface area contributed by atoms with Gasteiger partial charge in [0.25, 0.3) is 0 Å². The molecule has 0 unspecified atom stereocenters. The molecule has 2 aromatic rings. The molecule has 1 aromatic carbocycles. The third kappa shape index (κ3) is 3.31. The SMILES string of the molecule is C=C1CCC[C@]2(C)C[C@H]3OC(=O)[C@H](C[NH2+]CCc4c[nH]c5ccccc45)[C@H]3C[C@@H]12. The summed E-state index contributed by atoms with van der Waals surface area (Å²) >= 11 is 0. The van der Waals surface area contributed by atoms with E-state index in [1.165, 1.54) is 34.9 Å². The van der Waals surface area contributed by atoms with Gasteiger partial charge in [0.2, 0.25) is 0 Å². The van der Waals surface area contributed by atoms with Crippen LogP contribution in [-0.2, 0) is 16.0 Å². The number of aromatic amines is 1. The maximum Gasteiger partial charge on any atom is 0.315 e. The predicted molar refractivity (Wildman–Crippen MR) is 114 cm³/mol. The van der Waals surface area contributed by atoms with Crippen LogP contribution in [0.25, 0.3) is 10.9 Å². The molecule has 0 bridgehead atoms. The van der Waals surface area contributed by atoms with E-state index in [9.17, 15) is 4.79 Å². The number of allylic oxidation sites excluding steroid dienone is 1. The van der Waals surface area contributed by atoms with Gasteiger partial charge in [-0.1, -0.05) is 37.3 Å². The Kier molecular flexibility index (Phi) is 4.78. The smallest absolute Gasteiger partial charge is 0.315 e. The van der Waals surface area contributed by atoms with Crippen LogP contribution in [-0.4, -0.2) is 30.1 Å². The molecule has 3 aliphatic rings. The number of nitrogens with one attached hydrogen (secondary N) is 1. The van der Waals surface area contributed by atoms with Gasteiger partial charge in [-0.25, -0.2) is 0 Å². The average Bonchev–Trinajstić information content (AvgIpc) is 3.24. The monoisotopic (exact) mass is 393 g/mol. The minimum atomic E-state index is 0.0382. The number of H-pyrrole nitrogens is 1. The number of carbonyl (C=O) groups is 1. The van der Waals surface area contributed by atoms with Crippen LogP contribution in [0.4, 0.5) is 0 Å². The Bertz CT molecular complexity index is 932. The Balaban J connectivity index is 1.20. The van der Waals surface area contributed by atoms with Crippen LogP contribution in [0.3, 0.4) is 0 Å². The zero-order valence-corrected chi connectivity index (χ0v) is 17.5. The fourth-order valence-corrected chi connectivity index (χ4v) is 6.42. The number of quaternary nitrogens is 1. The normalized spacial score (nSPS) is 34.1. The molecule has 5 rings (SSSR count). The molecule has 29 heavy (non-hydrogen) atoms. The molecule has 2 aliphatic carbocycles. The molecule has 1 aromatic heterocycles. The van der Waals surface area contributed by atoms with Crippen LogP contribution in [0.1, 0.15) is 44.6 Å². The maximum atomic E-state index is 12.7. The van der Waals surface area contributed by atoms with Crippen LogP contribution < -0.4 is 5.32 Å². The number of fused-ring (bicyclic) bond motifs is 3. The number of rotatable bonds is 5. The lowest BCUT2D eigenvalue weighted by Gasteiger charge is -2.49. The minimum Gasteiger partial charge on any atom is -0.462 e. The average molecular weight is 394 g/mol. The first-order valence-corrected chi connectivity index (χ1v) is 11.3. The number of aromatic nitrogens is 1. The highest BCUT2D eigenvalue weighted by Gasteiger charge is 2.55. The maximum absolute atomic E-state index is 12.7. The summed E-state index contributed by atoms with van der Waals surface area (Å²) in [7, 11) is 0. The van der Waals surface area contributed by atoms with Gasteiger partial charge in [0.1, 0.15) is 12.0 Å². The zero-order valence-electron chi connectivity index (χ0n) is 17.5. The second-order valence-electron chi connectivity index (χ2n) is 9.83. The van der Waals surface area contributed by atoms with Crippen molar-refractivity contribution >= 4 is 16.9 Å². The van der Waals surface area contributed by atoms with E-state index < -0.39 is 0 Å². The lowest BCUT2D eigenvalue weighted by Crippen LogP contribution is -2.86. The highest BCUT2D eigenvalue weighted by atomic mass is 16.6. The summed E-state index contributed by atoms with van der Waals surface area (Å²) in [5.41, 5.74) is 4.25. The standard InChI is InChI=1S/C25H32N2O2/c1-16-6-5-10-25(2)13-23-19(12-21(16)25)20(24(28)29-23)15-26-11-9-17-14-27-22-8-4-3-7-18(17)22/h3-4,7-8,14,19-21,23,26-27H,1,5-6,9-13,15H2,2H3/p+1/t19-,20-,21+,23-,25-/m1/s1. The molecule has 4 nitrogen and oxygen atoms in total. The molecule has 4 heteroatoms. The van der Waals surface area contributed by atoms with Gasteiger partial charge < -0.3 is 15.0 Å². The summed E-state index contributed by atoms with van der Waals surface area (Å²) in [5, 5.41) is 3.63. The van der Waals surface area contributed by atoms with Crippen LogP contribution in [0.2, 0.25) is 0 Å². The molecule has 0 radical (unpaired) electrons. The third-order valence-corrected chi connectivity index (χ3v) is 8.03. The van der Waals surface area contributed by atoms with Crippen LogP contribution in [0.5, 0.6) is 0 Å². The van der Waals surface area contributed by atoms with Crippen molar-refractivity contribution in [3.63, 3.8) is 0 Å². The van der Waals surface area contributed by atoms with Crippen molar-refractivity contribution < 1.29 is 14.8 Å². The van der Waals surface area contributed by atoms with Crippen LogP contribution in [0.15, 0.2) is 42.6 Å². The van der Waals surface area contributed by atoms with Crippen molar-refractivity contribution in [2.24, 2.45) is 23.2 Å². The van der Waals surface area contributed by atoms with Gasteiger partial charge in [-0.3, -0.25) is 4.79 Å². The van der Waals surface area contributed by atoms with Crippen molar-refractivity contribution in [3.8, 4) is 0 Å². The molecule has 0 spiro atoms. The number of hydrogen-bond donors (Lipinski definition) is 2. The number of ether oxygens (including phenoxy) is 1. The Morgan fingerprint density at radius 1 is 1.34 bits per heavy atom. The number of nitrogens with two attached hydrogens (primary N) is 1. The van der Waals surface area contributed by atoms with Gasteiger partial charge in [0.05, 0.1) is 13.1 Å². The number of benzene rings is 1. The number of esters is 1. The lowest BCUT2D eigenvalue weighted by atomic mass is 9.55. The van der Waals surface area contributed by atoms with E-state index in [1.54, 1.807) is 0 Å². The van der Waals surface area contributed by atoms with Gasteiger partial charge >= 0.3 is 5.97 Å². The molecular weight excluding hydrogens is 360 g/mol. The first kappa shape index (κ1) is 18.9. The summed E-state index contributed by atoms with van der Waals surface area (Å²) in [5.74, 6) is 1.03. The molecular formula is C25H33N2O2+. The van der Waals surface area contributed by atoms with Crippen molar-refractivity contribution in [2.45, 2.75) is 51.6 Å². The minimum absolute atomic E-state index is 0.0382. The molecule has 154 valence electrons. The number of para-hydroxylation sites is 1. The van der Waals surface area contributed by atoms with E-state index in [-0.39, 0.29) is 23.4 Å². The van der Waals surface area contributed by atoms with E-state index in [4.69, 9.17) is 4.74 Å². The van der Waals surface area contributed by atoms with E-state index in [1.807, 2.05) is 0 Å². The van der Waals surface area contributed by atoms with Gasteiger partial charge in [0.15, 0.2) is 0 Å². The highest BCUT2D eigenvalue weighted by molar-refractivity contribution is 5.83. The largest absolute Gasteiger partial charge is 0.462 e. The van der Waals surface area contributed by atoms with Gasteiger partial charge in [-0.05, 0) is 55.1 Å². The van der Waals surface area contributed by atoms with Gasteiger partial charge in [0, 0.05) is 29.4 Å². The predicted octanol–water partition coefficient (Wildman–Crippen LogP) is 3.59. The van der Waals surface area contributed by atoms with Crippen molar-refractivity contribution in [2.75, 3.05) is 13.1 Å². The van der Waals surface area contributed by atoms with Crippen molar-refractivity contribution in [1.82, 2.24) is 4.98 Å². The Morgan fingerprint density at radius 3 is 3.10 bits per heavy atom. The quantitative estimate of drug-likeness (QED) is 0.463. The molecule has 2 heterocycles. The number of hydrogen-bond acceptors (Lipinski definition) is 2. The second kappa shape index (κ2) is 7.32. The van der Waals surface area contributed by atoms with Crippen molar-refractivity contribution in [1.29, 1.82) is 0 Å². The van der Waals surface area contributed by atoms with Crippen LogP contribution >= 0.6 is 0 Å². The fourth-order valence-electron chi connectivity index (χ4n) is 6.42. The molecule has 5 atom stereocenters. The van der Waals surface area contributed by atoms with Gasteiger partial charge in [-0.2, -0.15) is 0 Å². The Hall–Kier alpha value is -2.07. The number of carbonyl (C=O) groups excluding carboxylic acids is 1. The zero-order chi connectivity index (χ0) is 20.0. The molecule has 3 fully saturated rings. The molecule has 3 N–H and O–H groups in total. The molecule has 1 aliphatic heterocycles. The van der Waals surface area contributed by atoms with E-state index in [2.05, 4.69) is 54.3 Å². The van der Waals surface area contributed by atoms with Crippen LogP contribution in [0, 0.1) is 23.2 Å². The second-order valence-corrected chi connectivity index (χ2v) is 9.83. The first-order chi connectivity index (χ1) is 14.0. The molecule has 1 saturated heterocycles. The third-order valence-electron chi connectivity index (χ3n) is 8.03. The summed E-state index contributed by atoms with van der Waals surface area (Å²) in [4.78, 5) is 16.0. The summed E-state index contributed by atoms with van der Waals surface area (Å²) < 4.78 is 5.89. The summed E-state index contributed by atoms with van der Waals surface area (Å²) in [6, 6.07) is 8.45. The Morgan fingerprint density at radius 2 is 2.21 bits per heavy atom. The fraction of sp³-hybridized carbons (Fsp3) is 0.560. The molecule has 2 saturated carbocycles. The first-order valence-electron chi connectivity index (χ1n) is 11.3. The highest BCUT2D eigenvalue weighted by Crippen LogP contribution is 2.56. The summed E-state index contributed by atoms with van der Waals surface area (Å²) in [6.45, 7) is 8.63. The van der Waals surface area contributed by atoms with Gasteiger partial charge in [-0.15, -0.1) is 0 Å². The van der Waals surface area contributed by atoms with E-state index in [0.29, 0.717) is 11.8 Å². The Labute approximate surface area is 173 Å². The summed E-state index contributed by atoms with van der Waals surface area (Å²) in [6.07, 6.45) is 9.02. The topological polar surface area (TPSA) is 58.7 Å². The van der Waals surface area contributed by atoms with Crippen molar-refractivity contribution in [3.05, 3.63) is 48.2 Å². The lowest BCUT2D eigenvalue weighted by molar-refractivity contribution is -0.658. The molecule has 0 amide bonds.